The Hall–Kier alpha value is -2.04. The molecule has 0 spiro atoms. The Morgan fingerprint density at radius 3 is 2.65 bits per heavy atom. The van der Waals surface area contributed by atoms with Gasteiger partial charge in [0.15, 0.2) is 0 Å². The number of benzene rings is 2. The van der Waals surface area contributed by atoms with E-state index in [1.165, 1.54) is 17.3 Å². The van der Waals surface area contributed by atoms with Crippen molar-refractivity contribution in [3.05, 3.63) is 64.7 Å². The molecule has 1 atom stereocenters. The highest BCUT2D eigenvalue weighted by Gasteiger charge is 2.19. The first-order chi connectivity index (χ1) is 12.5. The number of anilines is 1. The van der Waals surface area contributed by atoms with Crippen LogP contribution in [0.5, 0.6) is 0 Å². The number of halogens is 1. The van der Waals surface area contributed by atoms with Gasteiger partial charge in [-0.3, -0.25) is 4.79 Å². The Kier molecular flexibility index (Phi) is 5.84. The molecule has 1 aromatic heterocycles. The van der Waals surface area contributed by atoms with E-state index in [1.807, 2.05) is 50.2 Å². The molecule has 3 nitrogen and oxygen atoms in total. The van der Waals surface area contributed by atoms with E-state index in [1.54, 1.807) is 6.07 Å². The predicted octanol–water partition coefficient (Wildman–Crippen LogP) is 6.01. The minimum atomic E-state index is -0.219. The molecule has 1 heterocycles. The number of aromatic nitrogens is 1. The van der Waals surface area contributed by atoms with Gasteiger partial charge in [-0.05, 0) is 55.7 Å². The third-order valence-electron chi connectivity index (χ3n) is 4.27. The lowest BCUT2D eigenvalue weighted by Gasteiger charge is -2.15. The molecule has 0 aliphatic carbocycles. The van der Waals surface area contributed by atoms with Crippen molar-refractivity contribution in [2.24, 2.45) is 0 Å². The number of hydrogen-bond acceptors (Lipinski definition) is 3. The molecule has 26 heavy (non-hydrogen) atoms. The summed E-state index contributed by atoms with van der Waals surface area (Å²) in [4.78, 5) is 17.4. The topological polar surface area (TPSA) is 42.0 Å². The van der Waals surface area contributed by atoms with Gasteiger partial charge in [0.25, 0.3) is 0 Å². The van der Waals surface area contributed by atoms with E-state index in [0.717, 1.165) is 21.5 Å². The fourth-order valence-corrected chi connectivity index (χ4v) is 3.94. The summed E-state index contributed by atoms with van der Waals surface area (Å²) in [7, 11) is 0. The van der Waals surface area contributed by atoms with Crippen molar-refractivity contribution < 1.29 is 4.79 Å². The van der Waals surface area contributed by atoms with Gasteiger partial charge in [-0.2, -0.15) is 0 Å². The van der Waals surface area contributed by atoms with Crippen LogP contribution < -0.4 is 5.32 Å². The van der Waals surface area contributed by atoms with Crippen LogP contribution in [0.15, 0.2) is 53.6 Å². The highest BCUT2D eigenvalue weighted by Crippen LogP contribution is 2.29. The molecule has 0 bridgehead atoms. The summed E-state index contributed by atoms with van der Waals surface area (Å²) in [6.45, 7) is 6.02. The molecule has 1 N–H and O–H groups in total. The number of fused-ring (bicyclic) bond motifs is 1. The van der Waals surface area contributed by atoms with Gasteiger partial charge in [-0.25, -0.2) is 4.98 Å². The van der Waals surface area contributed by atoms with Gasteiger partial charge in [0.2, 0.25) is 5.91 Å². The predicted molar refractivity (Wildman–Crippen MR) is 111 cm³/mol. The first-order valence-electron chi connectivity index (χ1n) is 8.58. The van der Waals surface area contributed by atoms with E-state index in [0.29, 0.717) is 17.1 Å². The first kappa shape index (κ1) is 18.7. The van der Waals surface area contributed by atoms with Gasteiger partial charge >= 0.3 is 0 Å². The number of thioether (sulfide) groups is 1. The van der Waals surface area contributed by atoms with E-state index in [9.17, 15) is 4.79 Å². The van der Waals surface area contributed by atoms with Crippen LogP contribution in [0.25, 0.3) is 10.9 Å². The normalized spacial score (nSPS) is 12.2. The third kappa shape index (κ3) is 4.19. The lowest BCUT2D eigenvalue weighted by molar-refractivity contribution is -0.115. The average Bonchev–Trinajstić information content (AvgIpc) is 2.62. The number of carbonyl (C=O) groups excluding carboxylic acids is 1. The van der Waals surface area contributed by atoms with Crippen LogP contribution in [0.4, 0.5) is 5.69 Å². The summed E-state index contributed by atoms with van der Waals surface area (Å²) in [5.74, 6) is -0.0370. The Morgan fingerprint density at radius 1 is 1.15 bits per heavy atom. The molecule has 3 aromatic rings. The van der Waals surface area contributed by atoms with Crippen LogP contribution in [0, 0.1) is 13.8 Å². The van der Waals surface area contributed by atoms with Crippen molar-refractivity contribution in [1.82, 2.24) is 4.98 Å². The summed E-state index contributed by atoms with van der Waals surface area (Å²) >= 11 is 7.64. The lowest BCUT2D eigenvalue weighted by atomic mass is 10.1. The van der Waals surface area contributed by atoms with Gasteiger partial charge in [-0.1, -0.05) is 54.6 Å². The van der Waals surface area contributed by atoms with Gasteiger partial charge < -0.3 is 5.32 Å². The van der Waals surface area contributed by atoms with Crippen molar-refractivity contribution in [2.45, 2.75) is 37.5 Å². The standard InChI is InChI=1S/C21H21ClN2OS/c1-4-19(21(25)23-15-10-9-13(2)17(22)12-15)26-20-11-14(3)16-7-5-6-8-18(16)24-20/h5-12,19H,4H2,1-3H3,(H,23,25). The zero-order valence-electron chi connectivity index (χ0n) is 15.0. The fraction of sp³-hybridized carbons (Fsp3) is 0.238. The number of pyridine rings is 1. The summed E-state index contributed by atoms with van der Waals surface area (Å²) in [6.07, 6.45) is 0.712. The quantitative estimate of drug-likeness (QED) is 0.547. The van der Waals surface area contributed by atoms with Crippen molar-refractivity contribution in [3.8, 4) is 0 Å². The SMILES string of the molecule is CCC(Sc1cc(C)c2ccccc2n1)C(=O)Nc1ccc(C)c(Cl)c1. The van der Waals surface area contributed by atoms with Crippen LogP contribution in [-0.2, 0) is 4.79 Å². The van der Waals surface area contributed by atoms with Gasteiger partial charge in [0.1, 0.15) is 0 Å². The van der Waals surface area contributed by atoms with Crippen molar-refractivity contribution in [1.29, 1.82) is 0 Å². The second-order valence-electron chi connectivity index (χ2n) is 6.26. The van der Waals surface area contributed by atoms with E-state index in [4.69, 9.17) is 16.6 Å². The van der Waals surface area contributed by atoms with Gasteiger partial charge in [0, 0.05) is 16.1 Å². The monoisotopic (exact) mass is 384 g/mol. The number of aryl methyl sites for hydroxylation is 2. The molecule has 0 saturated heterocycles. The highest BCUT2D eigenvalue weighted by molar-refractivity contribution is 8.00. The van der Waals surface area contributed by atoms with Crippen LogP contribution in [0.1, 0.15) is 24.5 Å². The van der Waals surface area contributed by atoms with Crippen LogP contribution >= 0.6 is 23.4 Å². The van der Waals surface area contributed by atoms with Crippen molar-refractivity contribution in [3.63, 3.8) is 0 Å². The number of amides is 1. The molecule has 0 aliphatic heterocycles. The first-order valence-corrected chi connectivity index (χ1v) is 9.83. The van der Waals surface area contributed by atoms with E-state index < -0.39 is 0 Å². The molecule has 0 aliphatic rings. The Labute approximate surface area is 163 Å². The molecule has 1 unspecified atom stereocenters. The molecule has 1 amide bonds. The van der Waals surface area contributed by atoms with Crippen LogP contribution in [-0.4, -0.2) is 16.1 Å². The molecule has 0 fully saturated rings. The molecule has 3 rings (SSSR count). The average molecular weight is 385 g/mol. The number of carbonyl (C=O) groups is 1. The second kappa shape index (κ2) is 8.11. The molecule has 0 saturated carbocycles. The summed E-state index contributed by atoms with van der Waals surface area (Å²) in [5, 5.41) is 5.40. The van der Waals surface area contributed by atoms with Gasteiger partial charge in [0.05, 0.1) is 15.8 Å². The molecule has 0 radical (unpaired) electrons. The smallest absolute Gasteiger partial charge is 0.237 e. The number of hydrogen-bond donors (Lipinski definition) is 1. The lowest BCUT2D eigenvalue weighted by Crippen LogP contribution is -2.24. The van der Waals surface area contributed by atoms with Crippen LogP contribution in [0.2, 0.25) is 5.02 Å². The van der Waals surface area contributed by atoms with E-state index in [-0.39, 0.29) is 11.2 Å². The van der Waals surface area contributed by atoms with Crippen molar-refractivity contribution in [2.75, 3.05) is 5.32 Å². The maximum atomic E-state index is 12.7. The summed E-state index contributed by atoms with van der Waals surface area (Å²) in [5.41, 5.74) is 3.82. The molecule has 5 heteroatoms. The maximum Gasteiger partial charge on any atom is 0.237 e. The fourth-order valence-electron chi connectivity index (χ4n) is 2.74. The Balaban J connectivity index is 1.78. The summed E-state index contributed by atoms with van der Waals surface area (Å²) in [6, 6.07) is 15.7. The Bertz CT molecular complexity index is 958. The zero-order valence-corrected chi connectivity index (χ0v) is 16.6. The molecular formula is C21H21ClN2OS. The minimum Gasteiger partial charge on any atom is -0.325 e. The molecule has 134 valence electrons. The Morgan fingerprint density at radius 2 is 1.92 bits per heavy atom. The number of nitrogens with one attached hydrogen (secondary N) is 1. The van der Waals surface area contributed by atoms with Crippen LogP contribution in [0.3, 0.4) is 0 Å². The van der Waals surface area contributed by atoms with E-state index in [2.05, 4.69) is 18.3 Å². The van der Waals surface area contributed by atoms with Crippen molar-refractivity contribution >= 4 is 45.9 Å². The van der Waals surface area contributed by atoms with E-state index >= 15 is 0 Å². The number of para-hydroxylation sites is 1. The third-order valence-corrected chi connectivity index (χ3v) is 5.95. The highest BCUT2D eigenvalue weighted by atomic mass is 35.5. The van der Waals surface area contributed by atoms with Gasteiger partial charge in [-0.15, -0.1) is 0 Å². The minimum absolute atomic E-state index is 0.0370. The zero-order chi connectivity index (χ0) is 18.7. The largest absolute Gasteiger partial charge is 0.325 e. The molecule has 2 aromatic carbocycles. The molecular weight excluding hydrogens is 364 g/mol. The number of rotatable bonds is 5. The maximum absolute atomic E-state index is 12.7. The summed E-state index contributed by atoms with van der Waals surface area (Å²) < 4.78 is 0. The second-order valence-corrected chi connectivity index (χ2v) is 7.89. The number of nitrogens with zero attached hydrogens (tertiary/aromatic N) is 1.